The molecule has 1 amide bonds. The first kappa shape index (κ1) is 20.3. The van der Waals surface area contributed by atoms with Gasteiger partial charge < -0.3 is 10.6 Å². The zero-order valence-corrected chi connectivity index (χ0v) is 18.0. The van der Waals surface area contributed by atoms with Gasteiger partial charge in [0.05, 0.1) is 5.56 Å². The predicted octanol–water partition coefficient (Wildman–Crippen LogP) is 4.10. The standard InChI is InChI=1S/C25H25N3OS/c1-17-11-13-19(14-12-17)24(18-7-3-2-4-8-18)27-16-23(29)28-25-21(15-26)20-9-5-6-10-22(20)30-25/h2-4,7-8,11-14,24,27H,5-6,9-10,16H2,1H3,(H,28,29)/p+1/t24-/m0/s1. The largest absolute Gasteiger partial charge is 0.328 e. The lowest BCUT2D eigenvalue weighted by molar-refractivity contribution is -0.676. The number of aryl methyl sites for hydroxylation is 2. The molecule has 0 fully saturated rings. The highest BCUT2D eigenvalue weighted by molar-refractivity contribution is 7.16. The SMILES string of the molecule is Cc1ccc([C@@H]([NH2+]CC(=O)Nc2sc3c(c2C#N)CCCC3)c2ccccc2)cc1. The second kappa shape index (κ2) is 9.25. The molecule has 0 radical (unpaired) electrons. The van der Waals surface area contributed by atoms with Crippen LogP contribution >= 0.6 is 11.3 Å². The molecular formula is C25H26N3OS+. The molecule has 0 aliphatic heterocycles. The van der Waals surface area contributed by atoms with E-state index < -0.39 is 0 Å². The molecule has 4 nitrogen and oxygen atoms in total. The van der Waals surface area contributed by atoms with E-state index in [9.17, 15) is 10.1 Å². The molecule has 1 aromatic heterocycles. The molecule has 0 bridgehead atoms. The highest BCUT2D eigenvalue weighted by Gasteiger charge is 2.23. The van der Waals surface area contributed by atoms with Gasteiger partial charge in [-0.05, 0) is 38.2 Å². The summed E-state index contributed by atoms with van der Waals surface area (Å²) in [6.45, 7) is 2.37. The van der Waals surface area contributed by atoms with E-state index in [1.165, 1.54) is 21.6 Å². The van der Waals surface area contributed by atoms with Gasteiger partial charge in [0.1, 0.15) is 17.1 Å². The molecule has 3 aromatic rings. The molecule has 152 valence electrons. The number of thiophene rings is 1. The number of benzene rings is 2. The summed E-state index contributed by atoms with van der Waals surface area (Å²) in [5, 5.41) is 15.4. The van der Waals surface area contributed by atoms with E-state index >= 15 is 0 Å². The van der Waals surface area contributed by atoms with Gasteiger partial charge in [-0.3, -0.25) is 4.79 Å². The van der Waals surface area contributed by atoms with Gasteiger partial charge in [-0.2, -0.15) is 5.26 Å². The molecule has 0 spiro atoms. The van der Waals surface area contributed by atoms with Crippen molar-refractivity contribution in [1.82, 2.24) is 0 Å². The van der Waals surface area contributed by atoms with Crippen molar-refractivity contribution in [3.63, 3.8) is 0 Å². The summed E-state index contributed by atoms with van der Waals surface area (Å²) < 4.78 is 0. The quantitative estimate of drug-likeness (QED) is 0.635. The fraction of sp³-hybridized carbons (Fsp3) is 0.280. The number of nitrogens with two attached hydrogens (primary N) is 1. The molecule has 5 heteroatoms. The van der Waals surface area contributed by atoms with Crippen molar-refractivity contribution in [1.29, 1.82) is 5.26 Å². The average molecular weight is 417 g/mol. The molecule has 30 heavy (non-hydrogen) atoms. The lowest BCUT2D eigenvalue weighted by atomic mass is 9.96. The monoisotopic (exact) mass is 416 g/mol. The van der Waals surface area contributed by atoms with Crippen molar-refractivity contribution in [2.75, 3.05) is 11.9 Å². The predicted molar refractivity (Wildman–Crippen MR) is 121 cm³/mol. The summed E-state index contributed by atoms with van der Waals surface area (Å²) in [7, 11) is 0. The first-order valence-corrected chi connectivity index (χ1v) is 11.3. The van der Waals surface area contributed by atoms with E-state index in [0.717, 1.165) is 36.2 Å². The third kappa shape index (κ3) is 4.46. The highest BCUT2D eigenvalue weighted by atomic mass is 32.1. The van der Waals surface area contributed by atoms with E-state index in [-0.39, 0.29) is 11.9 Å². The molecule has 0 saturated heterocycles. The Kier molecular flexibility index (Phi) is 6.27. The summed E-state index contributed by atoms with van der Waals surface area (Å²) in [6, 6.07) is 21.1. The smallest absolute Gasteiger partial charge is 0.280 e. The maximum Gasteiger partial charge on any atom is 0.280 e. The molecular weight excluding hydrogens is 390 g/mol. The Morgan fingerprint density at radius 3 is 2.53 bits per heavy atom. The van der Waals surface area contributed by atoms with Crippen LogP contribution in [0.2, 0.25) is 0 Å². The lowest BCUT2D eigenvalue weighted by Crippen LogP contribution is -2.87. The number of hydrogen-bond donors (Lipinski definition) is 2. The zero-order chi connectivity index (χ0) is 20.9. The summed E-state index contributed by atoms with van der Waals surface area (Å²) in [4.78, 5) is 14.0. The van der Waals surface area contributed by atoms with E-state index in [0.29, 0.717) is 12.1 Å². The molecule has 0 unspecified atom stereocenters. The Morgan fingerprint density at radius 2 is 1.80 bits per heavy atom. The molecule has 2 aromatic carbocycles. The van der Waals surface area contributed by atoms with Crippen molar-refractivity contribution in [3.8, 4) is 6.07 Å². The number of carbonyl (C=O) groups is 1. The van der Waals surface area contributed by atoms with Crippen LogP contribution < -0.4 is 10.6 Å². The van der Waals surface area contributed by atoms with Gasteiger partial charge in [0.2, 0.25) is 0 Å². The third-order valence-corrected chi connectivity index (χ3v) is 6.88. The van der Waals surface area contributed by atoms with Gasteiger partial charge >= 0.3 is 0 Å². The third-order valence-electron chi connectivity index (χ3n) is 5.67. The van der Waals surface area contributed by atoms with Crippen LogP contribution in [0.4, 0.5) is 5.00 Å². The number of nitrogens with one attached hydrogen (secondary N) is 1. The molecule has 1 aliphatic carbocycles. The van der Waals surface area contributed by atoms with E-state index in [1.54, 1.807) is 11.3 Å². The zero-order valence-electron chi connectivity index (χ0n) is 17.2. The Balaban J connectivity index is 1.49. The summed E-state index contributed by atoms with van der Waals surface area (Å²) in [5.74, 6) is -0.0712. The number of amides is 1. The van der Waals surface area contributed by atoms with Crippen LogP contribution in [0.1, 0.15) is 51.6 Å². The molecule has 3 N–H and O–H groups in total. The van der Waals surface area contributed by atoms with Crippen LogP contribution in [-0.4, -0.2) is 12.5 Å². The maximum absolute atomic E-state index is 12.8. The Hall–Kier alpha value is -2.94. The van der Waals surface area contributed by atoms with Gasteiger partial charge in [0.15, 0.2) is 6.54 Å². The van der Waals surface area contributed by atoms with Gasteiger partial charge in [-0.15, -0.1) is 11.3 Å². The van der Waals surface area contributed by atoms with Crippen molar-refractivity contribution >= 4 is 22.2 Å². The summed E-state index contributed by atoms with van der Waals surface area (Å²) in [5.41, 5.74) is 5.37. The Bertz CT molecular complexity index is 1060. The van der Waals surface area contributed by atoms with E-state index in [1.807, 2.05) is 18.2 Å². The Morgan fingerprint density at radius 1 is 1.10 bits per heavy atom. The average Bonchev–Trinajstić information content (AvgIpc) is 3.12. The van der Waals surface area contributed by atoms with Gasteiger partial charge in [0, 0.05) is 16.0 Å². The number of fused-ring (bicyclic) bond motifs is 1. The minimum Gasteiger partial charge on any atom is -0.328 e. The molecule has 0 saturated carbocycles. The number of anilines is 1. The van der Waals surface area contributed by atoms with E-state index in [4.69, 9.17) is 0 Å². The van der Waals surface area contributed by atoms with Crippen LogP contribution in [0.5, 0.6) is 0 Å². The number of hydrogen-bond acceptors (Lipinski definition) is 3. The number of nitrogens with zero attached hydrogens (tertiary/aromatic N) is 1. The summed E-state index contributed by atoms with van der Waals surface area (Å²) in [6.07, 6.45) is 4.24. The second-order valence-electron chi connectivity index (χ2n) is 7.81. The summed E-state index contributed by atoms with van der Waals surface area (Å²) >= 11 is 1.58. The molecule has 1 aliphatic rings. The Labute approximate surface area is 181 Å². The minimum atomic E-state index is -0.0712. The number of quaternary nitrogens is 1. The normalized spacial score (nSPS) is 13.9. The fourth-order valence-corrected chi connectivity index (χ4v) is 5.33. The first-order valence-electron chi connectivity index (χ1n) is 10.4. The van der Waals surface area contributed by atoms with Gasteiger partial charge in [0.25, 0.3) is 5.91 Å². The molecule has 1 atom stereocenters. The van der Waals surface area contributed by atoms with Crippen molar-refractivity contribution in [2.24, 2.45) is 0 Å². The molecule has 1 heterocycles. The second-order valence-corrected chi connectivity index (χ2v) is 8.92. The maximum atomic E-state index is 12.8. The van der Waals surface area contributed by atoms with Gasteiger partial charge in [-0.25, -0.2) is 0 Å². The number of rotatable bonds is 6. The number of nitriles is 1. The highest BCUT2D eigenvalue weighted by Crippen LogP contribution is 2.37. The van der Waals surface area contributed by atoms with Crippen molar-refractivity contribution in [2.45, 2.75) is 38.6 Å². The van der Waals surface area contributed by atoms with Gasteiger partial charge in [-0.1, -0.05) is 60.2 Å². The van der Waals surface area contributed by atoms with Crippen molar-refractivity contribution in [3.05, 3.63) is 87.3 Å². The van der Waals surface area contributed by atoms with Crippen LogP contribution in [-0.2, 0) is 17.6 Å². The molecule has 4 rings (SSSR count). The van der Waals surface area contributed by atoms with Crippen LogP contribution in [0.15, 0.2) is 54.6 Å². The van der Waals surface area contributed by atoms with Crippen LogP contribution in [0.3, 0.4) is 0 Å². The lowest BCUT2D eigenvalue weighted by Gasteiger charge is -2.16. The topological polar surface area (TPSA) is 69.5 Å². The van der Waals surface area contributed by atoms with E-state index in [2.05, 4.69) is 60.0 Å². The van der Waals surface area contributed by atoms with Crippen LogP contribution in [0.25, 0.3) is 0 Å². The first-order chi connectivity index (χ1) is 14.7. The van der Waals surface area contributed by atoms with Crippen LogP contribution in [0, 0.1) is 18.3 Å². The number of carbonyl (C=O) groups excluding carboxylic acids is 1. The van der Waals surface area contributed by atoms with Crippen molar-refractivity contribution < 1.29 is 10.1 Å². The fourth-order valence-electron chi connectivity index (χ4n) is 4.07. The minimum absolute atomic E-state index is 0.0459.